The molecule has 3 bridgehead atoms. The number of benzene rings is 1. The van der Waals surface area contributed by atoms with Gasteiger partial charge in [-0.25, -0.2) is 0 Å². The number of fused-ring (bicyclic) bond motifs is 1. The summed E-state index contributed by atoms with van der Waals surface area (Å²) in [7, 11) is 0. The third-order valence-corrected chi connectivity index (χ3v) is 3.32. The molecule has 0 saturated heterocycles. The van der Waals surface area contributed by atoms with Crippen LogP contribution < -0.4 is 10.4 Å². The average Bonchev–Trinajstić information content (AvgIpc) is 2.51. The SMILES string of the molecule is C1=CC2=c3ccccc3=C3CC(=CC=C13)O2. The molecular formula is C15H10O. The second kappa shape index (κ2) is 2.76. The van der Waals surface area contributed by atoms with E-state index in [9.17, 15) is 0 Å². The Kier molecular flexibility index (Phi) is 1.41. The quantitative estimate of drug-likeness (QED) is 0.628. The van der Waals surface area contributed by atoms with Crippen LogP contribution in [0.25, 0.3) is 11.3 Å². The van der Waals surface area contributed by atoms with Gasteiger partial charge in [-0.3, -0.25) is 0 Å². The Morgan fingerprint density at radius 2 is 1.81 bits per heavy atom. The van der Waals surface area contributed by atoms with Crippen molar-refractivity contribution in [1.82, 2.24) is 0 Å². The van der Waals surface area contributed by atoms with Crippen LogP contribution in [0.1, 0.15) is 6.42 Å². The average molecular weight is 206 g/mol. The molecule has 0 aromatic heterocycles. The summed E-state index contributed by atoms with van der Waals surface area (Å²) in [5.41, 5.74) is 2.70. The lowest BCUT2D eigenvalue weighted by Crippen LogP contribution is -2.27. The van der Waals surface area contributed by atoms with E-state index < -0.39 is 0 Å². The molecule has 1 aromatic carbocycles. The summed E-state index contributed by atoms with van der Waals surface area (Å²) < 4.78 is 5.92. The highest BCUT2D eigenvalue weighted by Gasteiger charge is 2.20. The molecule has 0 spiro atoms. The Bertz CT molecular complexity index is 699. The van der Waals surface area contributed by atoms with Gasteiger partial charge in [0.2, 0.25) is 0 Å². The van der Waals surface area contributed by atoms with E-state index in [1.165, 1.54) is 21.6 Å². The molecule has 0 saturated carbocycles. The molecule has 4 rings (SSSR count). The highest BCUT2D eigenvalue weighted by molar-refractivity contribution is 5.78. The van der Waals surface area contributed by atoms with Crippen LogP contribution in [0.5, 0.6) is 0 Å². The van der Waals surface area contributed by atoms with Gasteiger partial charge in [0.25, 0.3) is 0 Å². The first-order valence-electron chi connectivity index (χ1n) is 5.51. The number of hydrogen-bond acceptors (Lipinski definition) is 1. The van der Waals surface area contributed by atoms with Crippen LogP contribution in [0, 0.1) is 0 Å². The molecule has 0 amide bonds. The van der Waals surface area contributed by atoms with Crippen LogP contribution in [0.15, 0.2) is 59.9 Å². The van der Waals surface area contributed by atoms with Crippen molar-refractivity contribution in [3.63, 3.8) is 0 Å². The molecule has 16 heavy (non-hydrogen) atoms. The smallest absolute Gasteiger partial charge is 0.134 e. The van der Waals surface area contributed by atoms with E-state index in [1.54, 1.807) is 0 Å². The Hall–Kier alpha value is -2.02. The number of allylic oxidation sites excluding steroid dienone is 5. The van der Waals surface area contributed by atoms with Crippen LogP contribution in [-0.4, -0.2) is 0 Å². The molecular weight excluding hydrogens is 196 g/mol. The summed E-state index contributed by atoms with van der Waals surface area (Å²) in [5.74, 6) is 2.02. The van der Waals surface area contributed by atoms with E-state index in [0.29, 0.717) is 0 Å². The van der Waals surface area contributed by atoms with Gasteiger partial charge in [0.1, 0.15) is 11.5 Å². The summed E-state index contributed by atoms with van der Waals surface area (Å²) in [4.78, 5) is 0. The fourth-order valence-electron chi connectivity index (χ4n) is 2.54. The predicted octanol–water partition coefficient (Wildman–Crippen LogP) is 1.76. The maximum absolute atomic E-state index is 5.92. The van der Waals surface area contributed by atoms with Crippen molar-refractivity contribution in [2.45, 2.75) is 6.42 Å². The van der Waals surface area contributed by atoms with Crippen LogP contribution >= 0.6 is 0 Å². The Morgan fingerprint density at radius 3 is 2.75 bits per heavy atom. The van der Waals surface area contributed by atoms with Gasteiger partial charge >= 0.3 is 0 Å². The molecule has 1 aliphatic heterocycles. The molecule has 1 heterocycles. The van der Waals surface area contributed by atoms with E-state index in [0.717, 1.165) is 17.9 Å². The zero-order valence-electron chi connectivity index (χ0n) is 8.73. The van der Waals surface area contributed by atoms with Crippen molar-refractivity contribution in [3.05, 3.63) is 70.3 Å². The molecule has 3 aliphatic rings. The van der Waals surface area contributed by atoms with Crippen molar-refractivity contribution in [1.29, 1.82) is 0 Å². The Labute approximate surface area is 93.4 Å². The molecule has 0 N–H and O–H groups in total. The highest BCUT2D eigenvalue weighted by Crippen LogP contribution is 2.32. The zero-order chi connectivity index (χ0) is 10.5. The number of rotatable bonds is 0. The fraction of sp³-hybridized carbons (Fsp3) is 0.0667. The number of ether oxygens (including phenoxy) is 1. The topological polar surface area (TPSA) is 9.23 Å². The Morgan fingerprint density at radius 1 is 0.938 bits per heavy atom. The molecule has 1 aromatic rings. The van der Waals surface area contributed by atoms with Gasteiger partial charge < -0.3 is 4.74 Å². The molecule has 1 heteroatoms. The molecule has 1 nitrogen and oxygen atoms in total. The summed E-state index contributed by atoms with van der Waals surface area (Å²) in [6.45, 7) is 0. The lowest BCUT2D eigenvalue weighted by molar-refractivity contribution is 0.375. The van der Waals surface area contributed by atoms with Crippen LogP contribution in [0.2, 0.25) is 0 Å². The summed E-state index contributed by atoms with van der Waals surface area (Å²) >= 11 is 0. The highest BCUT2D eigenvalue weighted by atomic mass is 16.5. The summed E-state index contributed by atoms with van der Waals surface area (Å²) in [6, 6.07) is 8.47. The van der Waals surface area contributed by atoms with E-state index in [-0.39, 0.29) is 0 Å². The largest absolute Gasteiger partial charge is 0.461 e. The second-order valence-electron chi connectivity index (χ2n) is 4.26. The van der Waals surface area contributed by atoms with Gasteiger partial charge in [-0.2, -0.15) is 0 Å². The van der Waals surface area contributed by atoms with Gasteiger partial charge in [0.05, 0.1) is 0 Å². The van der Waals surface area contributed by atoms with Gasteiger partial charge in [-0.1, -0.05) is 36.4 Å². The standard InChI is InChI=1S/C15H10O/c1-2-4-13-12(3-1)14-9-11-7-5-10(14)6-8-15(13)16-11/h1-8H,9H2. The molecule has 2 aliphatic carbocycles. The van der Waals surface area contributed by atoms with Crippen LogP contribution in [0.3, 0.4) is 0 Å². The predicted molar refractivity (Wildman–Crippen MR) is 63.5 cm³/mol. The van der Waals surface area contributed by atoms with E-state index in [2.05, 4.69) is 48.6 Å². The van der Waals surface area contributed by atoms with Gasteiger partial charge in [-0.05, 0) is 28.5 Å². The zero-order valence-corrected chi connectivity index (χ0v) is 8.73. The van der Waals surface area contributed by atoms with Gasteiger partial charge in [-0.15, -0.1) is 0 Å². The minimum absolute atomic E-state index is 0.913. The van der Waals surface area contributed by atoms with Gasteiger partial charge in [0.15, 0.2) is 0 Å². The minimum atomic E-state index is 0.913. The summed E-state index contributed by atoms with van der Waals surface area (Å²) in [5, 5.41) is 2.53. The normalized spacial score (nSPS) is 19.8. The van der Waals surface area contributed by atoms with Crippen molar-refractivity contribution in [2.75, 3.05) is 0 Å². The third kappa shape index (κ3) is 0.951. The first-order valence-corrected chi connectivity index (χ1v) is 5.51. The van der Waals surface area contributed by atoms with E-state index in [1.807, 2.05) is 0 Å². The molecule has 0 unspecified atom stereocenters. The Balaban J connectivity index is 2.33. The fourth-order valence-corrected chi connectivity index (χ4v) is 2.54. The van der Waals surface area contributed by atoms with Crippen molar-refractivity contribution in [3.8, 4) is 0 Å². The third-order valence-electron chi connectivity index (χ3n) is 3.32. The maximum Gasteiger partial charge on any atom is 0.134 e. The van der Waals surface area contributed by atoms with Gasteiger partial charge in [0, 0.05) is 11.6 Å². The number of hydrogen-bond donors (Lipinski definition) is 0. The van der Waals surface area contributed by atoms with Crippen LogP contribution in [0.4, 0.5) is 0 Å². The van der Waals surface area contributed by atoms with Crippen molar-refractivity contribution in [2.24, 2.45) is 0 Å². The molecule has 76 valence electrons. The van der Waals surface area contributed by atoms with E-state index in [4.69, 9.17) is 4.74 Å². The van der Waals surface area contributed by atoms with E-state index >= 15 is 0 Å². The summed E-state index contributed by atoms with van der Waals surface area (Å²) in [6.07, 6.45) is 9.36. The molecule has 0 fully saturated rings. The maximum atomic E-state index is 5.92. The first-order chi connectivity index (χ1) is 7.92. The first kappa shape index (κ1) is 8.17. The lowest BCUT2D eigenvalue weighted by atomic mass is 9.94. The lowest BCUT2D eigenvalue weighted by Gasteiger charge is -2.17. The monoisotopic (exact) mass is 206 g/mol. The molecule has 0 radical (unpaired) electrons. The van der Waals surface area contributed by atoms with Crippen molar-refractivity contribution >= 4 is 11.3 Å². The van der Waals surface area contributed by atoms with Crippen LogP contribution in [-0.2, 0) is 4.74 Å². The van der Waals surface area contributed by atoms with Crippen molar-refractivity contribution < 1.29 is 4.74 Å². The molecule has 0 atom stereocenters. The minimum Gasteiger partial charge on any atom is -0.461 e. The second-order valence-corrected chi connectivity index (χ2v) is 4.26.